The van der Waals surface area contributed by atoms with Crippen LogP contribution in [0.4, 0.5) is 0 Å². The quantitative estimate of drug-likeness (QED) is 0.563. The Kier molecular flexibility index (Phi) is 4.70. The maximum atomic E-state index is 12.9. The Morgan fingerprint density at radius 3 is 2.56 bits per heavy atom. The van der Waals surface area contributed by atoms with Crippen LogP contribution in [0.25, 0.3) is 11.3 Å². The Labute approximate surface area is 167 Å². The van der Waals surface area contributed by atoms with Crippen LogP contribution < -0.4 is 0 Å². The van der Waals surface area contributed by atoms with Gasteiger partial charge in [-0.3, -0.25) is 5.10 Å². The third-order valence-corrected chi connectivity index (χ3v) is 5.53. The molecule has 1 N–H and O–H groups in total. The van der Waals surface area contributed by atoms with Crippen molar-refractivity contribution in [2.24, 2.45) is 0 Å². The molecule has 0 radical (unpaired) electrons. The number of H-pyrrole nitrogens is 1. The zero-order chi connectivity index (χ0) is 19.0. The van der Waals surface area contributed by atoms with Gasteiger partial charge in [0.05, 0.1) is 17.3 Å². The van der Waals surface area contributed by atoms with Gasteiger partial charge in [0.15, 0.2) is 0 Å². The van der Waals surface area contributed by atoms with E-state index in [0.717, 1.165) is 24.1 Å². The van der Waals surface area contributed by atoms with Crippen LogP contribution in [0.5, 0.6) is 0 Å². The number of esters is 1. The maximum absolute atomic E-state index is 12.9. The first-order chi connectivity index (χ1) is 13.1. The third kappa shape index (κ3) is 3.13. The summed E-state index contributed by atoms with van der Waals surface area (Å²) in [5.41, 5.74) is 3.29. The summed E-state index contributed by atoms with van der Waals surface area (Å²) in [5.74, 6) is -0.399. The number of halogens is 2. The zero-order valence-electron chi connectivity index (χ0n) is 14.8. The lowest BCUT2D eigenvalue weighted by molar-refractivity contribution is 0.0525. The zero-order valence-corrected chi connectivity index (χ0v) is 16.3. The Balaban J connectivity index is 1.89. The molecule has 6 heteroatoms. The molecule has 1 fully saturated rings. The first-order valence-corrected chi connectivity index (χ1v) is 9.59. The minimum absolute atomic E-state index is 0.243. The molecule has 3 aromatic rings. The number of aromatic nitrogens is 2. The Morgan fingerprint density at radius 1 is 1.19 bits per heavy atom. The predicted molar refractivity (Wildman–Crippen MR) is 106 cm³/mol. The van der Waals surface area contributed by atoms with E-state index in [9.17, 15) is 4.79 Å². The number of nitrogens with one attached hydrogen (secondary N) is 1. The standard InChI is InChI=1S/C21H18Cl2N2O2/c1-2-27-20(26)17-18(15-9-8-14(22)12-16(15)23)24-25-19(17)21(10-11-21)13-6-4-3-5-7-13/h3-9,12H,2,10-11H2,1H3,(H,24,25). The van der Waals surface area contributed by atoms with Gasteiger partial charge in [-0.2, -0.15) is 5.10 Å². The monoisotopic (exact) mass is 400 g/mol. The number of carbonyl (C=O) groups excluding carboxylic acids is 1. The van der Waals surface area contributed by atoms with Crippen molar-refractivity contribution in [3.63, 3.8) is 0 Å². The Hall–Kier alpha value is -2.30. The van der Waals surface area contributed by atoms with Crippen molar-refractivity contribution < 1.29 is 9.53 Å². The van der Waals surface area contributed by atoms with Gasteiger partial charge in [0.1, 0.15) is 11.3 Å². The normalized spacial score (nSPS) is 14.8. The summed E-state index contributed by atoms with van der Waals surface area (Å²) in [7, 11) is 0. The topological polar surface area (TPSA) is 55.0 Å². The van der Waals surface area contributed by atoms with E-state index in [4.69, 9.17) is 27.9 Å². The van der Waals surface area contributed by atoms with Crippen molar-refractivity contribution in [1.29, 1.82) is 0 Å². The second-order valence-corrected chi connectivity index (χ2v) is 7.46. The molecule has 27 heavy (non-hydrogen) atoms. The number of benzene rings is 2. The van der Waals surface area contributed by atoms with Crippen molar-refractivity contribution in [3.8, 4) is 11.3 Å². The summed E-state index contributed by atoms with van der Waals surface area (Å²) in [5, 5.41) is 8.54. The van der Waals surface area contributed by atoms with E-state index in [1.54, 1.807) is 25.1 Å². The molecule has 1 saturated carbocycles. The molecule has 0 atom stereocenters. The molecule has 4 rings (SSSR count). The molecule has 1 aliphatic rings. The second-order valence-electron chi connectivity index (χ2n) is 6.61. The van der Waals surface area contributed by atoms with Gasteiger partial charge in [-0.25, -0.2) is 4.79 Å². The van der Waals surface area contributed by atoms with Crippen molar-refractivity contribution >= 4 is 29.2 Å². The van der Waals surface area contributed by atoms with Crippen LogP contribution in [0.15, 0.2) is 48.5 Å². The lowest BCUT2D eigenvalue weighted by atomic mass is 9.88. The maximum Gasteiger partial charge on any atom is 0.342 e. The summed E-state index contributed by atoms with van der Waals surface area (Å²) in [4.78, 5) is 12.9. The fourth-order valence-electron chi connectivity index (χ4n) is 3.53. The molecule has 138 valence electrons. The van der Waals surface area contributed by atoms with Gasteiger partial charge in [0.25, 0.3) is 0 Å². The molecule has 4 nitrogen and oxygen atoms in total. The van der Waals surface area contributed by atoms with Crippen molar-refractivity contribution in [2.75, 3.05) is 6.61 Å². The van der Waals surface area contributed by atoms with E-state index in [2.05, 4.69) is 22.3 Å². The summed E-state index contributed by atoms with van der Waals surface area (Å²) in [6.07, 6.45) is 1.89. The molecule has 0 spiro atoms. The number of hydrogen-bond donors (Lipinski definition) is 1. The smallest absolute Gasteiger partial charge is 0.342 e. The molecule has 0 bridgehead atoms. The lowest BCUT2D eigenvalue weighted by Crippen LogP contribution is -2.16. The summed E-state index contributed by atoms with van der Waals surface area (Å²) >= 11 is 12.4. The van der Waals surface area contributed by atoms with Gasteiger partial charge in [0, 0.05) is 16.0 Å². The molecule has 1 heterocycles. The molecule has 2 aromatic carbocycles. The first-order valence-electron chi connectivity index (χ1n) is 8.84. The number of aromatic amines is 1. The summed E-state index contributed by atoms with van der Waals surface area (Å²) in [6, 6.07) is 15.3. The highest BCUT2D eigenvalue weighted by Gasteiger charge is 2.50. The number of carbonyl (C=O) groups is 1. The first kappa shape index (κ1) is 18.1. The number of hydrogen-bond acceptors (Lipinski definition) is 3. The highest BCUT2D eigenvalue weighted by atomic mass is 35.5. The van der Waals surface area contributed by atoms with E-state index in [1.165, 1.54) is 0 Å². The van der Waals surface area contributed by atoms with E-state index in [0.29, 0.717) is 26.9 Å². The molecule has 0 unspecified atom stereocenters. The molecule has 0 saturated heterocycles. The number of ether oxygens (including phenoxy) is 1. The largest absolute Gasteiger partial charge is 0.462 e. The van der Waals surface area contributed by atoms with E-state index in [1.807, 2.05) is 18.2 Å². The highest BCUT2D eigenvalue weighted by Crippen LogP contribution is 2.54. The second kappa shape index (κ2) is 7.02. The lowest BCUT2D eigenvalue weighted by Gasteiger charge is -2.16. The van der Waals surface area contributed by atoms with Crippen LogP contribution >= 0.6 is 23.2 Å². The van der Waals surface area contributed by atoms with Gasteiger partial charge >= 0.3 is 5.97 Å². The average molecular weight is 401 g/mol. The van der Waals surface area contributed by atoms with E-state index < -0.39 is 5.97 Å². The number of rotatable bonds is 5. The van der Waals surface area contributed by atoms with E-state index >= 15 is 0 Å². The third-order valence-electron chi connectivity index (χ3n) is 4.99. The van der Waals surface area contributed by atoms with E-state index in [-0.39, 0.29) is 12.0 Å². The van der Waals surface area contributed by atoms with Crippen molar-refractivity contribution in [3.05, 3.63) is 75.4 Å². The van der Waals surface area contributed by atoms with Crippen LogP contribution in [0.3, 0.4) is 0 Å². The predicted octanol–water partition coefficient (Wildman–Crippen LogP) is 5.64. The van der Waals surface area contributed by atoms with Crippen molar-refractivity contribution in [1.82, 2.24) is 10.2 Å². The summed E-state index contributed by atoms with van der Waals surface area (Å²) in [6.45, 7) is 2.08. The van der Waals surface area contributed by atoms with Crippen LogP contribution in [-0.2, 0) is 10.2 Å². The van der Waals surface area contributed by atoms with Crippen LogP contribution in [0.1, 0.15) is 41.4 Å². The van der Waals surface area contributed by atoms with Gasteiger partial charge in [-0.15, -0.1) is 0 Å². The van der Waals surface area contributed by atoms with Gasteiger partial charge in [-0.05, 0) is 43.5 Å². The minimum Gasteiger partial charge on any atom is -0.462 e. The van der Waals surface area contributed by atoms with Gasteiger partial charge < -0.3 is 4.74 Å². The Morgan fingerprint density at radius 2 is 1.93 bits per heavy atom. The molecule has 1 aromatic heterocycles. The Bertz CT molecular complexity index is 995. The molecule has 1 aliphatic carbocycles. The highest BCUT2D eigenvalue weighted by molar-refractivity contribution is 6.36. The fraction of sp³-hybridized carbons (Fsp3) is 0.238. The van der Waals surface area contributed by atoms with Gasteiger partial charge in [-0.1, -0.05) is 53.5 Å². The van der Waals surface area contributed by atoms with Crippen LogP contribution in [0, 0.1) is 0 Å². The van der Waals surface area contributed by atoms with Crippen LogP contribution in [-0.4, -0.2) is 22.8 Å². The fourth-order valence-corrected chi connectivity index (χ4v) is 4.03. The van der Waals surface area contributed by atoms with Crippen LogP contribution in [0.2, 0.25) is 10.0 Å². The van der Waals surface area contributed by atoms with Gasteiger partial charge in [0.2, 0.25) is 0 Å². The number of nitrogens with zero attached hydrogens (tertiary/aromatic N) is 1. The summed E-state index contributed by atoms with van der Waals surface area (Å²) < 4.78 is 5.34. The molecular formula is C21H18Cl2N2O2. The molecule has 0 amide bonds. The molecular weight excluding hydrogens is 383 g/mol. The average Bonchev–Trinajstić information content (AvgIpc) is 3.35. The van der Waals surface area contributed by atoms with Crippen molar-refractivity contribution in [2.45, 2.75) is 25.2 Å². The molecule has 0 aliphatic heterocycles. The SMILES string of the molecule is CCOC(=O)c1c(-c2ccc(Cl)cc2Cl)n[nH]c1C1(c2ccccc2)CC1. The minimum atomic E-state index is -0.399.